The first-order valence-corrected chi connectivity index (χ1v) is 4.02. The normalized spacial score (nSPS) is 11.3. The number of carbonyl (C=O) groups excluding carboxylic acids is 1. The second kappa shape index (κ2) is 4.06. The van der Waals surface area contributed by atoms with Crippen LogP contribution in [-0.4, -0.2) is 12.1 Å². The Hall–Kier alpha value is -1.30. The van der Waals surface area contributed by atoms with E-state index in [0.717, 1.165) is 12.1 Å². The molecule has 0 saturated carbocycles. The van der Waals surface area contributed by atoms with Crippen molar-refractivity contribution in [1.82, 2.24) is 0 Å². The first kappa shape index (κ1) is 11.8. The molecule has 1 N–H and O–H groups in total. The van der Waals surface area contributed by atoms with Crippen molar-refractivity contribution < 1.29 is 22.4 Å². The van der Waals surface area contributed by atoms with Crippen molar-refractivity contribution in [3.8, 4) is 0 Å². The molecule has 0 aliphatic rings. The van der Waals surface area contributed by atoms with Crippen molar-refractivity contribution in [2.45, 2.75) is 6.18 Å². The molecule has 15 heavy (non-hydrogen) atoms. The zero-order chi connectivity index (χ0) is 11.6. The largest absolute Gasteiger partial charge is 0.471 e. The first-order valence-electron chi connectivity index (χ1n) is 3.64. The van der Waals surface area contributed by atoms with Gasteiger partial charge in [-0.3, -0.25) is 4.79 Å². The van der Waals surface area contributed by atoms with Gasteiger partial charge in [0, 0.05) is 5.69 Å². The van der Waals surface area contributed by atoms with Crippen LogP contribution >= 0.6 is 11.6 Å². The maximum absolute atomic E-state index is 12.8. The Morgan fingerprint density at radius 3 is 2.40 bits per heavy atom. The topological polar surface area (TPSA) is 29.1 Å². The lowest BCUT2D eigenvalue weighted by Crippen LogP contribution is -2.29. The van der Waals surface area contributed by atoms with Crippen LogP contribution in [-0.2, 0) is 4.79 Å². The minimum atomic E-state index is -5.00. The molecule has 0 saturated heterocycles. The average Bonchev–Trinajstić information content (AvgIpc) is 2.10. The molecule has 1 aromatic rings. The zero-order valence-electron chi connectivity index (χ0n) is 7.03. The van der Waals surface area contributed by atoms with Gasteiger partial charge >= 0.3 is 12.1 Å². The predicted molar refractivity (Wildman–Crippen MR) is 46.1 cm³/mol. The van der Waals surface area contributed by atoms with Crippen LogP contribution in [0.25, 0.3) is 0 Å². The van der Waals surface area contributed by atoms with E-state index in [1.54, 1.807) is 0 Å². The summed E-state index contributed by atoms with van der Waals surface area (Å²) in [6, 6.07) is 2.81. The maximum atomic E-state index is 12.8. The number of carbonyl (C=O) groups is 1. The molecular formula is C8H4ClF4NO. The summed E-state index contributed by atoms with van der Waals surface area (Å²) in [5.74, 6) is -3.07. The second-order valence-corrected chi connectivity index (χ2v) is 2.99. The summed E-state index contributed by atoms with van der Waals surface area (Å²) < 4.78 is 48.1. The van der Waals surface area contributed by atoms with Gasteiger partial charge in [-0.1, -0.05) is 11.6 Å². The summed E-state index contributed by atoms with van der Waals surface area (Å²) in [6.45, 7) is 0. The van der Waals surface area contributed by atoms with Crippen molar-refractivity contribution in [3.63, 3.8) is 0 Å². The molecule has 0 heterocycles. The van der Waals surface area contributed by atoms with Crippen molar-refractivity contribution >= 4 is 23.2 Å². The van der Waals surface area contributed by atoms with Gasteiger partial charge in [-0.15, -0.1) is 0 Å². The Morgan fingerprint density at radius 2 is 1.93 bits per heavy atom. The molecule has 0 aliphatic carbocycles. The fraction of sp³-hybridized carbons (Fsp3) is 0.125. The number of benzene rings is 1. The number of hydrogen-bond acceptors (Lipinski definition) is 1. The van der Waals surface area contributed by atoms with E-state index in [9.17, 15) is 22.4 Å². The van der Waals surface area contributed by atoms with Crippen molar-refractivity contribution in [2.24, 2.45) is 0 Å². The van der Waals surface area contributed by atoms with Gasteiger partial charge < -0.3 is 5.32 Å². The van der Waals surface area contributed by atoms with Gasteiger partial charge in [-0.2, -0.15) is 13.2 Å². The fourth-order valence-electron chi connectivity index (χ4n) is 0.776. The fourth-order valence-corrected chi connectivity index (χ4v) is 0.893. The molecule has 0 atom stereocenters. The average molecular weight is 242 g/mol. The number of halogens is 5. The lowest BCUT2D eigenvalue weighted by atomic mass is 10.3. The number of alkyl halides is 3. The molecule has 0 unspecified atom stereocenters. The van der Waals surface area contributed by atoms with E-state index in [2.05, 4.69) is 0 Å². The van der Waals surface area contributed by atoms with Gasteiger partial charge in [0.15, 0.2) is 0 Å². The molecule has 0 bridgehead atoms. The lowest BCUT2D eigenvalue weighted by molar-refractivity contribution is -0.167. The van der Waals surface area contributed by atoms with E-state index < -0.39 is 17.9 Å². The van der Waals surface area contributed by atoms with Gasteiger partial charge in [0.25, 0.3) is 0 Å². The van der Waals surface area contributed by atoms with E-state index in [0.29, 0.717) is 6.07 Å². The number of anilines is 1. The summed E-state index contributed by atoms with van der Waals surface area (Å²) in [7, 11) is 0. The highest BCUT2D eigenvalue weighted by Gasteiger charge is 2.38. The Balaban J connectivity index is 2.83. The van der Waals surface area contributed by atoms with Crippen LogP contribution in [0.2, 0.25) is 5.02 Å². The molecule has 1 amide bonds. The van der Waals surface area contributed by atoms with Crippen LogP contribution < -0.4 is 5.32 Å². The number of hydrogen-bond donors (Lipinski definition) is 1. The predicted octanol–water partition coefficient (Wildman–Crippen LogP) is 2.98. The Morgan fingerprint density at radius 1 is 1.33 bits per heavy atom. The highest BCUT2D eigenvalue weighted by molar-refractivity contribution is 6.30. The van der Waals surface area contributed by atoms with Gasteiger partial charge in [-0.25, -0.2) is 4.39 Å². The number of nitrogens with one attached hydrogen (secondary N) is 1. The molecule has 0 spiro atoms. The molecule has 1 aromatic carbocycles. The quantitative estimate of drug-likeness (QED) is 0.753. The van der Waals surface area contributed by atoms with E-state index >= 15 is 0 Å². The molecule has 82 valence electrons. The van der Waals surface area contributed by atoms with Crippen molar-refractivity contribution in [2.75, 3.05) is 5.32 Å². The van der Waals surface area contributed by atoms with Crippen LogP contribution in [0.5, 0.6) is 0 Å². The Kier molecular flexibility index (Phi) is 3.18. The standard InChI is InChI=1S/C8H4ClF4NO/c9-5-2-1-4(3-6(5)10)14-7(15)8(11,12)13/h1-3H,(H,14,15). The minimum absolute atomic E-state index is 0.236. The molecule has 0 fully saturated rings. The van der Waals surface area contributed by atoms with E-state index in [1.807, 2.05) is 0 Å². The van der Waals surface area contributed by atoms with Gasteiger partial charge in [0.1, 0.15) is 5.82 Å². The summed E-state index contributed by atoms with van der Waals surface area (Å²) in [5.41, 5.74) is -0.306. The van der Waals surface area contributed by atoms with Crippen molar-refractivity contribution in [3.05, 3.63) is 29.0 Å². The molecular weight excluding hydrogens is 238 g/mol. The smallest absolute Gasteiger partial charge is 0.318 e. The van der Waals surface area contributed by atoms with Crippen LogP contribution in [0.4, 0.5) is 23.2 Å². The summed E-state index contributed by atoms with van der Waals surface area (Å²) in [4.78, 5) is 10.4. The van der Waals surface area contributed by atoms with E-state index in [1.165, 1.54) is 5.32 Å². The minimum Gasteiger partial charge on any atom is -0.318 e. The Labute approximate surface area is 86.8 Å². The monoisotopic (exact) mass is 241 g/mol. The van der Waals surface area contributed by atoms with Gasteiger partial charge in [0.05, 0.1) is 5.02 Å². The molecule has 1 rings (SSSR count). The SMILES string of the molecule is O=C(Nc1ccc(Cl)c(F)c1)C(F)(F)F. The second-order valence-electron chi connectivity index (χ2n) is 2.58. The summed E-state index contributed by atoms with van der Waals surface area (Å²) in [5, 5.41) is 1.25. The number of amides is 1. The molecule has 0 aromatic heterocycles. The number of rotatable bonds is 1. The lowest BCUT2D eigenvalue weighted by Gasteiger charge is -2.07. The molecule has 2 nitrogen and oxygen atoms in total. The molecule has 0 radical (unpaired) electrons. The Bertz CT molecular complexity index is 391. The highest BCUT2D eigenvalue weighted by Crippen LogP contribution is 2.21. The third-order valence-electron chi connectivity index (χ3n) is 1.43. The zero-order valence-corrected chi connectivity index (χ0v) is 7.79. The molecule has 7 heteroatoms. The van der Waals surface area contributed by atoms with Crippen LogP contribution in [0, 0.1) is 5.82 Å². The van der Waals surface area contributed by atoms with Crippen LogP contribution in [0.15, 0.2) is 18.2 Å². The highest BCUT2D eigenvalue weighted by atomic mass is 35.5. The van der Waals surface area contributed by atoms with Gasteiger partial charge in [-0.05, 0) is 18.2 Å². The molecule has 0 aliphatic heterocycles. The van der Waals surface area contributed by atoms with E-state index in [-0.39, 0.29) is 10.7 Å². The van der Waals surface area contributed by atoms with Crippen LogP contribution in [0.3, 0.4) is 0 Å². The first-order chi connectivity index (χ1) is 6.80. The van der Waals surface area contributed by atoms with E-state index in [4.69, 9.17) is 11.6 Å². The summed E-state index contributed by atoms with van der Waals surface area (Å²) >= 11 is 5.30. The van der Waals surface area contributed by atoms with Crippen molar-refractivity contribution in [1.29, 1.82) is 0 Å². The third kappa shape index (κ3) is 3.09. The maximum Gasteiger partial charge on any atom is 0.471 e. The third-order valence-corrected chi connectivity index (χ3v) is 1.74. The van der Waals surface area contributed by atoms with Gasteiger partial charge in [0.2, 0.25) is 0 Å². The van der Waals surface area contributed by atoms with Crippen LogP contribution in [0.1, 0.15) is 0 Å². The summed E-state index contributed by atoms with van der Waals surface area (Å²) in [6.07, 6.45) is -5.00.